The Balaban J connectivity index is 2.16. The first kappa shape index (κ1) is 13.5. The van der Waals surface area contributed by atoms with Crippen molar-refractivity contribution in [3.63, 3.8) is 0 Å². The third kappa shape index (κ3) is 2.91. The van der Waals surface area contributed by atoms with Crippen LogP contribution in [0.15, 0.2) is 34.1 Å². The molecule has 2 nitrogen and oxygen atoms in total. The van der Waals surface area contributed by atoms with E-state index in [1.807, 2.05) is 11.4 Å². The molecule has 2 rings (SSSR count). The van der Waals surface area contributed by atoms with Crippen molar-refractivity contribution < 1.29 is 14.2 Å². The zero-order valence-electron chi connectivity index (χ0n) is 9.69. The SMILES string of the molecule is COc1ccc(C(O)Cc2sccc2Br)cc1F. The van der Waals surface area contributed by atoms with Crippen molar-refractivity contribution in [1.82, 2.24) is 0 Å². The molecule has 5 heteroatoms. The summed E-state index contributed by atoms with van der Waals surface area (Å²) in [7, 11) is 1.41. The second-order valence-electron chi connectivity index (χ2n) is 3.81. The fraction of sp³-hybridized carbons (Fsp3) is 0.231. The topological polar surface area (TPSA) is 29.5 Å². The lowest BCUT2D eigenvalue weighted by Gasteiger charge is -2.11. The molecule has 0 bridgehead atoms. The molecule has 0 saturated heterocycles. The summed E-state index contributed by atoms with van der Waals surface area (Å²) in [6.45, 7) is 0. The maximum absolute atomic E-state index is 13.5. The Morgan fingerprint density at radius 1 is 1.44 bits per heavy atom. The van der Waals surface area contributed by atoms with Crippen molar-refractivity contribution in [2.45, 2.75) is 12.5 Å². The number of aliphatic hydroxyl groups is 1. The summed E-state index contributed by atoms with van der Waals surface area (Å²) in [5, 5.41) is 12.0. The van der Waals surface area contributed by atoms with Crippen molar-refractivity contribution in [3.8, 4) is 5.75 Å². The highest BCUT2D eigenvalue weighted by Gasteiger charge is 2.14. The minimum absolute atomic E-state index is 0.184. The molecule has 2 aromatic rings. The molecule has 0 aliphatic heterocycles. The standard InChI is InChI=1S/C13H12BrFO2S/c1-17-12-3-2-8(6-10(12)15)11(16)7-13-9(14)4-5-18-13/h2-6,11,16H,7H2,1H3. The molecule has 0 aliphatic carbocycles. The molecule has 0 spiro atoms. The monoisotopic (exact) mass is 330 g/mol. The first-order valence-electron chi connectivity index (χ1n) is 5.35. The minimum atomic E-state index is -0.722. The third-order valence-electron chi connectivity index (χ3n) is 2.63. The van der Waals surface area contributed by atoms with Gasteiger partial charge in [0.15, 0.2) is 11.6 Å². The van der Waals surface area contributed by atoms with Crippen LogP contribution in [-0.4, -0.2) is 12.2 Å². The van der Waals surface area contributed by atoms with Gasteiger partial charge in [-0.25, -0.2) is 4.39 Å². The quantitative estimate of drug-likeness (QED) is 0.920. The highest BCUT2D eigenvalue weighted by molar-refractivity contribution is 9.10. The van der Waals surface area contributed by atoms with E-state index in [0.29, 0.717) is 12.0 Å². The van der Waals surface area contributed by atoms with Gasteiger partial charge in [-0.3, -0.25) is 0 Å². The maximum atomic E-state index is 13.5. The van der Waals surface area contributed by atoms with Gasteiger partial charge in [0.25, 0.3) is 0 Å². The van der Waals surface area contributed by atoms with E-state index in [0.717, 1.165) is 9.35 Å². The lowest BCUT2D eigenvalue weighted by atomic mass is 10.1. The smallest absolute Gasteiger partial charge is 0.165 e. The molecule has 1 unspecified atom stereocenters. The molecule has 1 aromatic heterocycles. The van der Waals surface area contributed by atoms with Gasteiger partial charge >= 0.3 is 0 Å². The molecule has 0 radical (unpaired) electrons. The van der Waals surface area contributed by atoms with Gasteiger partial charge in [-0.15, -0.1) is 11.3 Å². The Bertz CT molecular complexity index is 542. The summed E-state index contributed by atoms with van der Waals surface area (Å²) in [5.41, 5.74) is 0.550. The van der Waals surface area contributed by atoms with Crippen LogP contribution in [0.1, 0.15) is 16.5 Å². The predicted molar refractivity (Wildman–Crippen MR) is 73.6 cm³/mol. The van der Waals surface area contributed by atoms with Gasteiger partial charge < -0.3 is 9.84 Å². The van der Waals surface area contributed by atoms with E-state index in [9.17, 15) is 9.50 Å². The number of halogens is 2. The van der Waals surface area contributed by atoms with Crippen molar-refractivity contribution in [1.29, 1.82) is 0 Å². The van der Waals surface area contributed by atoms with Crippen molar-refractivity contribution >= 4 is 27.3 Å². The number of hydrogen-bond donors (Lipinski definition) is 1. The molecule has 1 aromatic carbocycles. The molecule has 0 saturated carbocycles. The van der Waals surface area contributed by atoms with Gasteiger partial charge in [-0.1, -0.05) is 6.07 Å². The van der Waals surface area contributed by atoms with Crippen molar-refractivity contribution in [2.24, 2.45) is 0 Å². The number of thiophene rings is 1. The highest BCUT2D eigenvalue weighted by atomic mass is 79.9. The van der Waals surface area contributed by atoms with Crippen LogP contribution < -0.4 is 4.74 Å². The zero-order chi connectivity index (χ0) is 13.1. The summed E-state index contributed by atoms with van der Waals surface area (Å²) in [4.78, 5) is 1.04. The van der Waals surface area contributed by atoms with Crippen molar-refractivity contribution in [3.05, 3.63) is 50.4 Å². The van der Waals surface area contributed by atoms with E-state index in [2.05, 4.69) is 15.9 Å². The van der Waals surface area contributed by atoms with Crippen LogP contribution in [0.3, 0.4) is 0 Å². The molecule has 1 atom stereocenters. The Morgan fingerprint density at radius 2 is 2.22 bits per heavy atom. The molecule has 0 aliphatic rings. The molecular formula is C13H12BrFO2S. The van der Waals surface area contributed by atoms with E-state index in [-0.39, 0.29) is 5.75 Å². The number of hydrogen-bond acceptors (Lipinski definition) is 3. The number of methoxy groups -OCH3 is 1. The van der Waals surface area contributed by atoms with Gasteiger partial charge in [0.2, 0.25) is 0 Å². The lowest BCUT2D eigenvalue weighted by molar-refractivity contribution is 0.178. The van der Waals surface area contributed by atoms with Crippen LogP contribution in [0.5, 0.6) is 5.75 Å². The number of benzene rings is 1. The molecule has 18 heavy (non-hydrogen) atoms. The number of aliphatic hydroxyl groups excluding tert-OH is 1. The van der Waals surface area contributed by atoms with Gasteiger partial charge in [0.1, 0.15) is 0 Å². The second-order valence-corrected chi connectivity index (χ2v) is 5.66. The molecule has 96 valence electrons. The molecule has 1 heterocycles. The van der Waals surface area contributed by atoms with Crippen LogP contribution in [0.4, 0.5) is 4.39 Å². The zero-order valence-corrected chi connectivity index (χ0v) is 12.1. The van der Waals surface area contributed by atoms with Gasteiger partial charge in [-0.05, 0) is 45.1 Å². The summed E-state index contributed by atoms with van der Waals surface area (Å²) in [6.07, 6.45) is -0.260. The van der Waals surface area contributed by atoms with Gasteiger partial charge in [-0.2, -0.15) is 0 Å². The summed E-state index contributed by atoms with van der Waals surface area (Å²) >= 11 is 4.97. The molecule has 1 N–H and O–H groups in total. The Morgan fingerprint density at radius 3 is 2.78 bits per heavy atom. The van der Waals surface area contributed by atoms with Crippen LogP contribution in [0, 0.1) is 5.82 Å². The first-order chi connectivity index (χ1) is 8.61. The molecule has 0 amide bonds. The van der Waals surface area contributed by atoms with E-state index in [1.165, 1.54) is 19.2 Å². The van der Waals surface area contributed by atoms with Crippen LogP contribution in [0.25, 0.3) is 0 Å². The Kier molecular flexibility index (Phi) is 4.37. The lowest BCUT2D eigenvalue weighted by Crippen LogP contribution is -2.02. The van der Waals surface area contributed by atoms with E-state index >= 15 is 0 Å². The van der Waals surface area contributed by atoms with Gasteiger partial charge in [0, 0.05) is 15.8 Å². The average molecular weight is 331 g/mol. The Hall–Kier alpha value is -0.910. The van der Waals surface area contributed by atoms with Crippen molar-refractivity contribution in [2.75, 3.05) is 7.11 Å². The van der Waals surface area contributed by atoms with E-state index in [1.54, 1.807) is 17.4 Å². The predicted octanol–water partition coefficient (Wildman–Crippen LogP) is 3.93. The van der Waals surface area contributed by atoms with Gasteiger partial charge in [0.05, 0.1) is 13.2 Å². The third-order valence-corrected chi connectivity index (χ3v) is 4.58. The highest BCUT2D eigenvalue weighted by Crippen LogP contribution is 2.29. The summed E-state index contributed by atoms with van der Waals surface area (Å²) in [5.74, 6) is -0.275. The average Bonchev–Trinajstić information content (AvgIpc) is 2.75. The first-order valence-corrected chi connectivity index (χ1v) is 7.02. The summed E-state index contributed by atoms with van der Waals surface area (Å²) in [6, 6.07) is 6.44. The largest absolute Gasteiger partial charge is 0.494 e. The maximum Gasteiger partial charge on any atom is 0.165 e. The molecule has 0 fully saturated rings. The van der Waals surface area contributed by atoms with E-state index < -0.39 is 11.9 Å². The Labute approximate surface area is 117 Å². The molecular weight excluding hydrogens is 319 g/mol. The van der Waals surface area contributed by atoms with Crippen LogP contribution in [0.2, 0.25) is 0 Å². The second kappa shape index (κ2) is 5.82. The minimum Gasteiger partial charge on any atom is -0.494 e. The summed E-state index contributed by atoms with van der Waals surface area (Å²) < 4.78 is 19.3. The fourth-order valence-electron chi connectivity index (χ4n) is 1.65. The normalized spacial score (nSPS) is 12.4. The van der Waals surface area contributed by atoms with E-state index in [4.69, 9.17) is 4.74 Å². The van der Waals surface area contributed by atoms with Crippen LogP contribution in [-0.2, 0) is 6.42 Å². The number of ether oxygens (including phenoxy) is 1. The fourth-order valence-corrected chi connectivity index (χ4v) is 3.21. The van der Waals surface area contributed by atoms with Crippen LogP contribution >= 0.6 is 27.3 Å². The number of rotatable bonds is 4.